The Morgan fingerprint density at radius 3 is 1.34 bits per heavy atom. The van der Waals surface area contributed by atoms with Crippen LogP contribution in [0.5, 0.6) is 0 Å². The lowest BCUT2D eigenvalue weighted by molar-refractivity contribution is 0.839. The zero-order chi connectivity index (χ0) is 25.6. The molecule has 0 unspecified atom stereocenters. The lowest BCUT2D eigenvalue weighted by atomic mass is 10.5. The molecule has 5 rings (SSSR count). The van der Waals surface area contributed by atoms with Crippen molar-refractivity contribution in [2.75, 3.05) is 0 Å². The van der Waals surface area contributed by atoms with Crippen molar-refractivity contribution in [3.63, 3.8) is 0 Å². The van der Waals surface area contributed by atoms with Crippen LogP contribution in [0.2, 0.25) is 0 Å². The van der Waals surface area contributed by atoms with Gasteiger partial charge in [-0.05, 0) is 63.2 Å². The van der Waals surface area contributed by atoms with Gasteiger partial charge in [0.15, 0.2) is 0 Å². The summed E-state index contributed by atoms with van der Waals surface area (Å²) in [4.78, 5) is 15.3. The van der Waals surface area contributed by atoms with Crippen molar-refractivity contribution in [3.8, 4) is 0 Å². The molecule has 0 radical (unpaired) electrons. The minimum Gasteiger partial charge on any atom is -0.242 e. The first-order valence-electron chi connectivity index (χ1n) is 10.1. The molecule has 0 aromatic carbocycles. The number of hydrogen-bond acceptors (Lipinski definition) is 14. The van der Waals surface area contributed by atoms with Crippen LogP contribution >= 0.6 is 0 Å². The van der Waals surface area contributed by atoms with Crippen LogP contribution in [-0.4, -0.2) is 71.2 Å². The zero-order valence-electron chi connectivity index (χ0n) is 20.1. The molecule has 0 saturated carbocycles. The maximum atomic E-state index is 3.87. The van der Waals surface area contributed by atoms with Gasteiger partial charge < -0.3 is 0 Å². The highest BCUT2D eigenvalue weighted by Crippen LogP contribution is 1.81. The van der Waals surface area contributed by atoms with Crippen LogP contribution < -0.4 is 0 Å². The Labute approximate surface area is 202 Å². The van der Waals surface area contributed by atoms with E-state index in [2.05, 4.69) is 71.2 Å². The topological polar surface area (TPSA) is 180 Å². The molecular formula is C21H26N14. The van der Waals surface area contributed by atoms with Gasteiger partial charge in [-0.25, -0.2) is 19.9 Å². The van der Waals surface area contributed by atoms with Gasteiger partial charge >= 0.3 is 0 Å². The number of rotatable bonds is 0. The van der Waals surface area contributed by atoms with Gasteiger partial charge in [-0.15, -0.1) is 30.6 Å². The van der Waals surface area contributed by atoms with Gasteiger partial charge in [0, 0.05) is 12.4 Å². The average Bonchev–Trinajstić information content (AvgIpc) is 2.88. The SMILES string of the molecule is Cc1ccnnn1.Cc1ccnnn1.Cc1cncnn1.Cc1cnncn1.Cc1ncccn1. The Morgan fingerprint density at radius 2 is 1.11 bits per heavy atom. The van der Waals surface area contributed by atoms with Crippen LogP contribution in [0.1, 0.15) is 28.6 Å². The molecule has 0 fully saturated rings. The van der Waals surface area contributed by atoms with E-state index in [1.807, 2.05) is 34.6 Å². The molecule has 0 aliphatic carbocycles. The van der Waals surface area contributed by atoms with Crippen molar-refractivity contribution in [1.82, 2.24) is 71.2 Å². The lowest BCUT2D eigenvalue weighted by Gasteiger charge is -1.81. The van der Waals surface area contributed by atoms with Crippen molar-refractivity contribution in [3.05, 3.63) is 96.6 Å². The van der Waals surface area contributed by atoms with Gasteiger partial charge in [-0.3, -0.25) is 0 Å². The van der Waals surface area contributed by atoms with E-state index in [1.165, 1.54) is 12.7 Å². The smallest absolute Gasteiger partial charge is 0.138 e. The van der Waals surface area contributed by atoms with Crippen LogP contribution in [0.25, 0.3) is 0 Å². The highest BCUT2D eigenvalue weighted by atomic mass is 15.3. The van der Waals surface area contributed by atoms with Crippen molar-refractivity contribution in [2.45, 2.75) is 34.6 Å². The molecule has 35 heavy (non-hydrogen) atoms. The van der Waals surface area contributed by atoms with Crippen LogP contribution in [0, 0.1) is 34.6 Å². The molecular weight excluding hydrogens is 448 g/mol. The summed E-state index contributed by atoms with van der Waals surface area (Å²) >= 11 is 0. The number of nitrogens with zero attached hydrogens (tertiary/aromatic N) is 14. The van der Waals surface area contributed by atoms with Gasteiger partial charge in [0.1, 0.15) is 18.5 Å². The Morgan fingerprint density at radius 1 is 0.486 bits per heavy atom. The van der Waals surface area contributed by atoms with Crippen molar-refractivity contribution in [2.24, 2.45) is 0 Å². The van der Waals surface area contributed by atoms with Crippen LogP contribution in [0.4, 0.5) is 0 Å². The molecule has 0 N–H and O–H groups in total. The molecule has 14 heteroatoms. The molecule has 14 nitrogen and oxygen atoms in total. The molecule has 5 heterocycles. The molecule has 0 saturated heterocycles. The monoisotopic (exact) mass is 474 g/mol. The fourth-order valence-electron chi connectivity index (χ4n) is 1.59. The van der Waals surface area contributed by atoms with E-state index in [4.69, 9.17) is 0 Å². The molecule has 0 amide bonds. The van der Waals surface area contributed by atoms with E-state index in [9.17, 15) is 0 Å². The van der Waals surface area contributed by atoms with Crippen LogP contribution in [0.15, 0.2) is 68.0 Å². The Balaban J connectivity index is 0.000000219. The van der Waals surface area contributed by atoms with Gasteiger partial charge in [0.25, 0.3) is 0 Å². The first kappa shape index (κ1) is 28.2. The van der Waals surface area contributed by atoms with E-state index >= 15 is 0 Å². The number of aryl methyl sites for hydroxylation is 5. The Kier molecular flexibility index (Phi) is 15.0. The molecule has 0 aliphatic heterocycles. The summed E-state index contributed by atoms with van der Waals surface area (Å²) in [5.74, 6) is 0.822. The van der Waals surface area contributed by atoms with Crippen LogP contribution in [0.3, 0.4) is 0 Å². The molecule has 0 bridgehead atoms. The zero-order valence-corrected chi connectivity index (χ0v) is 20.1. The Bertz CT molecular complexity index is 901. The van der Waals surface area contributed by atoms with Crippen molar-refractivity contribution >= 4 is 0 Å². The van der Waals surface area contributed by atoms with Crippen molar-refractivity contribution in [1.29, 1.82) is 0 Å². The van der Waals surface area contributed by atoms with E-state index in [-0.39, 0.29) is 0 Å². The second kappa shape index (κ2) is 18.7. The van der Waals surface area contributed by atoms with E-state index < -0.39 is 0 Å². The number of hydrogen-bond donors (Lipinski definition) is 0. The van der Waals surface area contributed by atoms with Crippen molar-refractivity contribution < 1.29 is 0 Å². The molecule has 5 aromatic heterocycles. The summed E-state index contributed by atoms with van der Waals surface area (Å²) < 4.78 is 0. The quantitative estimate of drug-likeness (QED) is 0.315. The third-order valence-electron chi connectivity index (χ3n) is 3.19. The summed E-state index contributed by atoms with van der Waals surface area (Å²) in [6.45, 7) is 9.32. The molecule has 5 aromatic rings. The average molecular weight is 475 g/mol. The summed E-state index contributed by atoms with van der Waals surface area (Å²) in [6, 6.07) is 5.40. The molecule has 180 valence electrons. The largest absolute Gasteiger partial charge is 0.242 e. The number of aromatic nitrogens is 14. The lowest BCUT2D eigenvalue weighted by Crippen LogP contribution is -1.85. The predicted molar refractivity (Wildman–Crippen MR) is 125 cm³/mol. The highest BCUT2D eigenvalue weighted by Gasteiger charge is 1.78. The second-order valence-electron chi connectivity index (χ2n) is 6.32. The highest BCUT2D eigenvalue weighted by molar-refractivity contribution is 4.90. The van der Waals surface area contributed by atoms with E-state index in [0.717, 1.165) is 28.6 Å². The van der Waals surface area contributed by atoms with Gasteiger partial charge in [0.2, 0.25) is 0 Å². The maximum absolute atomic E-state index is 3.87. The fraction of sp³-hybridized carbons (Fsp3) is 0.238. The minimum atomic E-state index is 0.822. The fourth-order valence-corrected chi connectivity index (χ4v) is 1.59. The normalized spacial score (nSPS) is 8.71. The minimum absolute atomic E-state index is 0.822. The summed E-state index contributed by atoms with van der Waals surface area (Å²) in [5, 5.41) is 35.2. The maximum Gasteiger partial charge on any atom is 0.138 e. The van der Waals surface area contributed by atoms with Gasteiger partial charge in [-0.2, -0.15) is 10.2 Å². The standard InChI is InChI=1S/C5H6N2.4C4H5N3/c1-5-6-3-2-4-7-5;1-4-2-6-7-3-5-4;1-4-2-5-3-6-7-4;2*1-4-2-3-5-7-6-4/h2-4H,1H3;4*2-3H,1H3. The van der Waals surface area contributed by atoms with Crippen LogP contribution in [-0.2, 0) is 0 Å². The van der Waals surface area contributed by atoms with E-state index in [0.29, 0.717) is 0 Å². The molecule has 0 atom stereocenters. The van der Waals surface area contributed by atoms with Gasteiger partial charge in [-0.1, -0.05) is 0 Å². The third-order valence-corrected chi connectivity index (χ3v) is 3.19. The molecule has 0 spiro atoms. The summed E-state index contributed by atoms with van der Waals surface area (Å²) in [7, 11) is 0. The second-order valence-corrected chi connectivity index (χ2v) is 6.32. The molecule has 0 aliphatic rings. The first-order chi connectivity index (χ1) is 17.0. The predicted octanol–water partition coefficient (Wildman–Crippen LogP) is 1.51. The Hall–Kier alpha value is -4.88. The van der Waals surface area contributed by atoms with E-state index in [1.54, 1.807) is 55.4 Å². The summed E-state index contributed by atoms with van der Waals surface area (Å²) in [6.07, 6.45) is 12.8. The third kappa shape index (κ3) is 17.4. The van der Waals surface area contributed by atoms with Gasteiger partial charge in [0.05, 0.1) is 47.6 Å². The summed E-state index contributed by atoms with van der Waals surface area (Å²) in [5.41, 5.74) is 3.54. The first-order valence-corrected chi connectivity index (χ1v) is 10.1.